The molecule has 4 aliphatic heterocycles. The van der Waals surface area contributed by atoms with Crippen LogP contribution in [0.25, 0.3) is 0 Å². The van der Waals surface area contributed by atoms with Crippen LogP contribution in [0.3, 0.4) is 0 Å². The van der Waals surface area contributed by atoms with Gasteiger partial charge in [0.25, 0.3) is 5.91 Å². The number of nitrogens with zero attached hydrogens (tertiary/aromatic N) is 3. The van der Waals surface area contributed by atoms with Crippen molar-refractivity contribution in [2.75, 3.05) is 31.6 Å². The molecule has 9 heteroatoms. The molecule has 4 aliphatic rings. The van der Waals surface area contributed by atoms with Crippen molar-refractivity contribution < 1.29 is 19.5 Å². The van der Waals surface area contributed by atoms with Crippen LogP contribution in [0.1, 0.15) is 20.3 Å². The average Bonchev–Trinajstić information content (AvgIpc) is 3.11. The number of thioether (sulfide) groups is 1. The molecule has 3 amide bonds. The van der Waals surface area contributed by atoms with Crippen molar-refractivity contribution in [1.29, 1.82) is 0 Å². The minimum Gasteiger partial charge on any atom is -0.394 e. The third-order valence-electron chi connectivity index (χ3n) is 7.91. The van der Waals surface area contributed by atoms with E-state index in [4.69, 9.17) is 11.6 Å². The summed E-state index contributed by atoms with van der Waals surface area (Å²) in [4.78, 5) is 47.0. The van der Waals surface area contributed by atoms with Gasteiger partial charge in [-0.2, -0.15) is 0 Å². The second-order valence-corrected chi connectivity index (χ2v) is 12.2. The predicted octanol–water partition coefficient (Wildman–Crippen LogP) is 2.73. The molecular formula is C26H30ClN3O4S. The Morgan fingerprint density at radius 3 is 2.40 bits per heavy atom. The van der Waals surface area contributed by atoms with Crippen molar-refractivity contribution in [1.82, 2.24) is 9.80 Å². The number of anilines is 1. The summed E-state index contributed by atoms with van der Waals surface area (Å²) < 4.78 is -1.55. The Labute approximate surface area is 214 Å². The molecule has 1 N–H and O–H groups in total. The summed E-state index contributed by atoms with van der Waals surface area (Å²) in [6.07, 6.45) is 8.44. The van der Waals surface area contributed by atoms with E-state index >= 15 is 0 Å². The smallest absolute Gasteiger partial charge is 0.251 e. The first-order valence-electron chi connectivity index (χ1n) is 12.0. The molecule has 4 heterocycles. The Hall–Kier alpha value is -2.29. The zero-order valence-corrected chi connectivity index (χ0v) is 21.6. The van der Waals surface area contributed by atoms with Crippen molar-refractivity contribution in [2.45, 2.75) is 41.8 Å². The molecule has 2 saturated heterocycles. The Morgan fingerprint density at radius 1 is 1.06 bits per heavy atom. The van der Waals surface area contributed by atoms with Gasteiger partial charge in [-0.1, -0.05) is 42.8 Å². The van der Waals surface area contributed by atoms with Crippen LogP contribution in [-0.4, -0.2) is 80.9 Å². The van der Waals surface area contributed by atoms with Gasteiger partial charge in [-0.3, -0.25) is 14.4 Å². The highest BCUT2D eigenvalue weighted by atomic mass is 35.5. The fourth-order valence-corrected chi connectivity index (χ4v) is 8.51. The maximum absolute atomic E-state index is 14.3. The monoisotopic (exact) mass is 515 g/mol. The van der Waals surface area contributed by atoms with Crippen molar-refractivity contribution >= 4 is 46.8 Å². The number of fused-ring (bicyclic) bond motifs is 2. The highest BCUT2D eigenvalue weighted by Crippen LogP contribution is 2.65. The summed E-state index contributed by atoms with van der Waals surface area (Å²) in [5.74, 6) is -1.83. The van der Waals surface area contributed by atoms with Crippen molar-refractivity contribution in [2.24, 2.45) is 11.8 Å². The quantitative estimate of drug-likeness (QED) is 0.624. The van der Waals surface area contributed by atoms with Gasteiger partial charge in [0.2, 0.25) is 11.8 Å². The number of carbonyl (C=O) groups excluding carboxylic acids is 3. The van der Waals surface area contributed by atoms with E-state index in [0.29, 0.717) is 30.2 Å². The number of amides is 3. The van der Waals surface area contributed by atoms with Crippen LogP contribution in [0.4, 0.5) is 5.69 Å². The minimum absolute atomic E-state index is 0.0856. The highest BCUT2D eigenvalue weighted by molar-refractivity contribution is 8.02. The molecular weight excluding hydrogens is 486 g/mol. The third kappa shape index (κ3) is 3.48. The molecule has 6 atom stereocenters. The van der Waals surface area contributed by atoms with E-state index in [2.05, 4.69) is 0 Å². The first-order valence-corrected chi connectivity index (χ1v) is 13.2. The molecule has 1 unspecified atom stereocenters. The largest absolute Gasteiger partial charge is 0.394 e. The van der Waals surface area contributed by atoms with Crippen molar-refractivity contribution in [3.63, 3.8) is 0 Å². The average molecular weight is 516 g/mol. The van der Waals surface area contributed by atoms with Crippen LogP contribution >= 0.6 is 23.4 Å². The fourth-order valence-electron chi connectivity index (χ4n) is 6.24. The molecule has 2 fully saturated rings. The number of benzene rings is 1. The van der Waals surface area contributed by atoms with Gasteiger partial charge in [-0.15, -0.1) is 11.8 Å². The van der Waals surface area contributed by atoms with E-state index in [0.717, 1.165) is 0 Å². The number of carbonyl (C=O) groups is 3. The van der Waals surface area contributed by atoms with Crippen LogP contribution in [0.2, 0.25) is 5.02 Å². The van der Waals surface area contributed by atoms with Crippen LogP contribution < -0.4 is 4.90 Å². The molecule has 1 aromatic carbocycles. The van der Waals surface area contributed by atoms with Gasteiger partial charge in [0.05, 0.1) is 29.2 Å². The topological polar surface area (TPSA) is 81.2 Å². The summed E-state index contributed by atoms with van der Waals surface area (Å²) >= 11 is 7.63. The Morgan fingerprint density at radius 2 is 1.74 bits per heavy atom. The van der Waals surface area contributed by atoms with E-state index in [-0.39, 0.29) is 24.3 Å². The van der Waals surface area contributed by atoms with E-state index in [1.54, 1.807) is 57.8 Å². The molecule has 1 spiro atoms. The van der Waals surface area contributed by atoms with Crippen molar-refractivity contribution in [3.05, 3.63) is 53.6 Å². The van der Waals surface area contributed by atoms with E-state index in [1.807, 2.05) is 38.2 Å². The van der Waals surface area contributed by atoms with Gasteiger partial charge in [0.1, 0.15) is 6.04 Å². The van der Waals surface area contributed by atoms with E-state index < -0.39 is 33.4 Å². The normalized spacial score (nSPS) is 35.1. The predicted molar refractivity (Wildman–Crippen MR) is 137 cm³/mol. The minimum atomic E-state index is -0.921. The van der Waals surface area contributed by atoms with Crippen LogP contribution in [-0.2, 0) is 14.4 Å². The Bertz CT molecular complexity index is 1120. The van der Waals surface area contributed by atoms with E-state index in [9.17, 15) is 19.5 Å². The molecule has 5 rings (SSSR count). The summed E-state index contributed by atoms with van der Waals surface area (Å²) in [5.41, 5.74) is 0.688. The lowest BCUT2D eigenvalue weighted by Crippen LogP contribution is -2.56. The highest BCUT2D eigenvalue weighted by Gasteiger charge is 2.74. The molecule has 0 aliphatic carbocycles. The molecule has 0 aromatic heterocycles. The molecule has 0 radical (unpaired) electrons. The van der Waals surface area contributed by atoms with Gasteiger partial charge in [-0.25, -0.2) is 0 Å². The first kappa shape index (κ1) is 24.4. The Balaban J connectivity index is 1.68. The zero-order chi connectivity index (χ0) is 25.1. The lowest BCUT2D eigenvalue weighted by Gasteiger charge is -2.39. The SMILES string of the molecule is CC[C@@H](CO)N1C(=O)[C@@H]2[C@@H]3C(=O)N(C)CC=C[C@]3(C)S[C@@]23C=CCN(c2ccc(Cl)cc2)C(=O)C13. The molecule has 0 saturated carbocycles. The molecule has 7 nitrogen and oxygen atoms in total. The van der Waals surface area contributed by atoms with Gasteiger partial charge < -0.3 is 19.8 Å². The maximum Gasteiger partial charge on any atom is 0.251 e. The van der Waals surface area contributed by atoms with Crippen molar-refractivity contribution in [3.8, 4) is 0 Å². The Kier molecular flexibility index (Phi) is 6.05. The number of likely N-dealkylation sites (tertiary alicyclic amines) is 1. The zero-order valence-electron chi connectivity index (χ0n) is 20.1. The summed E-state index contributed by atoms with van der Waals surface area (Å²) in [7, 11) is 1.75. The van der Waals surface area contributed by atoms with E-state index in [1.165, 1.54) is 0 Å². The third-order valence-corrected chi connectivity index (χ3v) is 9.96. The summed E-state index contributed by atoms with van der Waals surface area (Å²) in [5, 5.41) is 10.8. The van der Waals surface area contributed by atoms with Gasteiger partial charge >= 0.3 is 0 Å². The van der Waals surface area contributed by atoms with Crippen LogP contribution in [0, 0.1) is 11.8 Å². The van der Waals surface area contributed by atoms with Gasteiger partial charge in [0.15, 0.2) is 0 Å². The molecule has 1 aromatic rings. The fraction of sp³-hybridized carbons (Fsp3) is 0.500. The number of aliphatic hydroxyl groups is 1. The molecule has 35 heavy (non-hydrogen) atoms. The second-order valence-electron chi connectivity index (χ2n) is 9.94. The van der Waals surface area contributed by atoms with Gasteiger partial charge in [0, 0.05) is 35.6 Å². The number of aliphatic hydroxyl groups excluding tert-OH is 1. The number of hydrogen-bond donors (Lipinski definition) is 1. The number of likely N-dealkylation sites (N-methyl/N-ethyl adjacent to an activating group) is 1. The number of halogens is 1. The summed E-state index contributed by atoms with van der Waals surface area (Å²) in [6, 6.07) is 5.70. The second kappa shape index (κ2) is 8.68. The van der Waals surface area contributed by atoms with Crippen LogP contribution in [0.5, 0.6) is 0 Å². The number of rotatable bonds is 4. The standard InChI is InChI=1S/C26H30ClN3O4S/c1-4-17(15-31)30-21-24(34)29(18-9-7-16(27)8-10-18)14-6-12-26(21)20(23(30)33)19-22(32)28(3)13-5-11-25(19,2)35-26/h5-12,17,19-21,31H,4,13-15H2,1-3H3/t17-,19+,20-,21?,25-,26-/m0/s1. The summed E-state index contributed by atoms with van der Waals surface area (Å²) in [6.45, 7) is 4.48. The van der Waals surface area contributed by atoms with Crippen LogP contribution in [0.15, 0.2) is 48.6 Å². The molecule has 0 bridgehead atoms. The lowest BCUT2D eigenvalue weighted by molar-refractivity contribution is -0.144. The maximum atomic E-state index is 14.3. The van der Waals surface area contributed by atoms with Gasteiger partial charge in [-0.05, 0) is 37.6 Å². The first-order chi connectivity index (χ1) is 16.7. The lowest BCUT2D eigenvalue weighted by atomic mass is 9.74. The molecule has 186 valence electrons. The number of hydrogen-bond acceptors (Lipinski definition) is 5.